The predicted octanol–water partition coefficient (Wildman–Crippen LogP) is 1.24. The van der Waals surface area contributed by atoms with Gasteiger partial charge in [-0.3, -0.25) is 9.48 Å². The molecule has 0 saturated carbocycles. The van der Waals surface area contributed by atoms with Gasteiger partial charge in [-0.2, -0.15) is 5.10 Å². The second-order valence-corrected chi connectivity index (χ2v) is 5.02. The van der Waals surface area contributed by atoms with Crippen LogP contribution < -0.4 is 5.73 Å². The summed E-state index contributed by atoms with van der Waals surface area (Å²) in [5, 5.41) is 5.23. The van der Waals surface area contributed by atoms with Gasteiger partial charge in [-0.1, -0.05) is 25.1 Å². The van der Waals surface area contributed by atoms with E-state index in [1.807, 2.05) is 38.2 Å². The van der Waals surface area contributed by atoms with E-state index in [1.54, 1.807) is 16.6 Å². The van der Waals surface area contributed by atoms with Crippen LogP contribution in [0.5, 0.6) is 0 Å². The van der Waals surface area contributed by atoms with Crippen LogP contribution >= 0.6 is 0 Å². The first-order valence-corrected chi connectivity index (χ1v) is 6.42. The molecule has 102 valence electrons. The zero-order chi connectivity index (χ0) is 14.0. The maximum absolute atomic E-state index is 12.4. The Hall–Kier alpha value is -1.88. The van der Waals surface area contributed by atoms with Gasteiger partial charge in [-0.15, -0.1) is 0 Å². The van der Waals surface area contributed by atoms with E-state index in [2.05, 4.69) is 5.10 Å². The molecule has 0 aliphatic carbocycles. The van der Waals surface area contributed by atoms with Gasteiger partial charge >= 0.3 is 0 Å². The molecule has 0 aliphatic rings. The van der Waals surface area contributed by atoms with Crippen LogP contribution in [-0.4, -0.2) is 40.7 Å². The number of hydrogen-bond donors (Lipinski definition) is 1. The summed E-state index contributed by atoms with van der Waals surface area (Å²) in [5.41, 5.74) is 7.06. The van der Waals surface area contributed by atoms with Crippen LogP contribution in [0.4, 0.5) is 0 Å². The lowest BCUT2D eigenvalue weighted by Gasteiger charge is -2.19. The summed E-state index contributed by atoms with van der Waals surface area (Å²) >= 11 is 0. The van der Waals surface area contributed by atoms with Gasteiger partial charge in [-0.05, 0) is 18.5 Å². The maximum atomic E-state index is 12.4. The molecule has 1 atom stereocenters. The van der Waals surface area contributed by atoms with Crippen molar-refractivity contribution in [3.8, 4) is 0 Å². The molecule has 0 spiro atoms. The summed E-state index contributed by atoms with van der Waals surface area (Å²) in [6.07, 6.45) is 0. The second kappa shape index (κ2) is 5.40. The van der Waals surface area contributed by atoms with Crippen molar-refractivity contribution in [3.63, 3.8) is 0 Å². The zero-order valence-corrected chi connectivity index (χ0v) is 11.6. The van der Waals surface area contributed by atoms with Crippen molar-refractivity contribution in [1.82, 2.24) is 14.7 Å². The largest absolute Gasteiger partial charge is 0.340 e. The lowest BCUT2D eigenvalue weighted by molar-refractivity contribution is 0.0772. The van der Waals surface area contributed by atoms with Gasteiger partial charge in [0.15, 0.2) is 5.69 Å². The maximum Gasteiger partial charge on any atom is 0.274 e. The number of hydrogen-bond acceptors (Lipinski definition) is 3. The topological polar surface area (TPSA) is 64.2 Å². The minimum absolute atomic E-state index is 0.0582. The monoisotopic (exact) mass is 260 g/mol. The third-order valence-corrected chi connectivity index (χ3v) is 3.29. The van der Waals surface area contributed by atoms with E-state index >= 15 is 0 Å². The van der Waals surface area contributed by atoms with Crippen molar-refractivity contribution in [3.05, 3.63) is 30.0 Å². The standard InChI is InChI=1S/C14H20N4O/c1-10(8-15)9-17(2)14(19)13-11-6-4-5-7-12(11)18(3)16-13/h4-7,10H,8-9,15H2,1-3H3. The zero-order valence-electron chi connectivity index (χ0n) is 11.6. The van der Waals surface area contributed by atoms with Gasteiger partial charge in [0.2, 0.25) is 0 Å². The van der Waals surface area contributed by atoms with Gasteiger partial charge in [0.05, 0.1) is 5.52 Å². The van der Waals surface area contributed by atoms with Crippen molar-refractivity contribution < 1.29 is 4.79 Å². The number of carbonyl (C=O) groups is 1. The van der Waals surface area contributed by atoms with Crippen molar-refractivity contribution in [2.24, 2.45) is 18.7 Å². The highest BCUT2D eigenvalue weighted by Gasteiger charge is 2.20. The van der Waals surface area contributed by atoms with Gasteiger partial charge in [0, 0.05) is 26.0 Å². The number of fused-ring (bicyclic) bond motifs is 1. The first-order valence-electron chi connectivity index (χ1n) is 6.42. The molecule has 0 radical (unpaired) electrons. The van der Waals surface area contributed by atoms with E-state index in [4.69, 9.17) is 5.73 Å². The van der Waals surface area contributed by atoms with Gasteiger partial charge in [0.25, 0.3) is 5.91 Å². The van der Waals surface area contributed by atoms with Crippen LogP contribution in [0.15, 0.2) is 24.3 Å². The molecular weight excluding hydrogens is 240 g/mol. The lowest BCUT2D eigenvalue weighted by Crippen LogP contribution is -2.33. The van der Waals surface area contributed by atoms with Crippen LogP contribution in [-0.2, 0) is 7.05 Å². The number of carbonyl (C=O) groups excluding carboxylic acids is 1. The molecular formula is C14H20N4O. The van der Waals surface area contributed by atoms with Crippen LogP contribution in [0, 0.1) is 5.92 Å². The Bertz CT molecular complexity index is 590. The molecule has 0 bridgehead atoms. The Labute approximate surface area is 113 Å². The number of aromatic nitrogens is 2. The molecule has 1 aromatic carbocycles. The quantitative estimate of drug-likeness (QED) is 0.899. The molecule has 5 nitrogen and oxygen atoms in total. The first kappa shape index (κ1) is 13.5. The van der Waals surface area contributed by atoms with E-state index in [9.17, 15) is 4.79 Å². The predicted molar refractivity (Wildman–Crippen MR) is 75.9 cm³/mol. The normalized spacial score (nSPS) is 12.6. The molecule has 2 rings (SSSR count). The molecule has 0 aliphatic heterocycles. The summed E-state index contributed by atoms with van der Waals surface area (Å²) in [5.74, 6) is 0.223. The van der Waals surface area contributed by atoms with Gasteiger partial charge in [-0.25, -0.2) is 0 Å². The second-order valence-electron chi connectivity index (χ2n) is 5.02. The molecule has 0 saturated heterocycles. The van der Waals surface area contributed by atoms with E-state index in [1.165, 1.54) is 0 Å². The first-order chi connectivity index (χ1) is 9.04. The third kappa shape index (κ3) is 2.61. The Morgan fingerprint density at radius 1 is 1.47 bits per heavy atom. The van der Waals surface area contributed by atoms with Gasteiger partial charge in [0.1, 0.15) is 0 Å². The minimum Gasteiger partial charge on any atom is -0.340 e. The smallest absolute Gasteiger partial charge is 0.274 e. The average molecular weight is 260 g/mol. The number of amides is 1. The number of nitrogens with zero attached hydrogens (tertiary/aromatic N) is 3. The van der Waals surface area contributed by atoms with E-state index in [0.29, 0.717) is 18.8 Å². The molecule has 2 aromatic rings. The molecule has 1 aromatic heterocycles. The fraction of sp³-hybridized carbons (Fsp3) is 0.429. The average Bonchev–Trinajstić information content (AvgIpc) is 2.75. The summed E-state index contributed by atoms with van der Waals surface area (Å²) in [6, 6.07) is 7.75. The number of rotatable bonds is 4. The lowest BCUT2D eigenvalue weighted by atomic mass is 10.1. The summed E-state index contributed by atoms with van der Waals surface area (Å²) in [4.78, 5) is 14.1. The number of benzene rings is 1. The highest BCUT2D eigenvalue weighted by molar-refractivity contribution is 6.04. The van der Waals surface area contributed by atoms with E-state index in [0.717, 1.165) is 10.9 Å². The van der Waals surface area contributed by atoms with Crippen molar-refractivity contribution >= 4 is 16.8 Å². The third-order valence-electron chi connectivity index (χ3n) is 3.29. The molecule has 0 fully saturated rings. The fourth-order valence-electron chi connectivity index (χ4n) is 2.18. The SMILES string of the molecule is CC(CN)CN(C)C(=O)c1nn(C)c2ccccc12. The minimum atomic E-state index is -0.0582. The summed E-state index contributed by atoms with van der Waals surface area (Å²) in [7, 11) is 3.64. The van der Waals surface area contributed by atoms with Crippen LogP contribution in [0.25, 0.3) is 10.9 Å². The molecule has 2 N–H and O–H groups in total. The summed E-state index contributed by atoms with van der Waals surface area (Å²) < 4.78 is 1.74. The fourth-order valence-corrected chi connectivity index (χ4v) is 2.18. The highest BCUT2D eigenvalue weighted by Crippen LogP contribution is 2.18. The van der Waals surface area contributed by atoms with Crippen molar-refractivity contribution in [2.75, 3.05) is 20.1 Å². The van der Waals surface area contributed by atoms with E-state index in [-0.39, 0.29) is 11.8 Å². The molecule has 1 heterocycles. The van der Waals surface area contributed by atoms with Crippen molar-refractivity contribution in [1.29, 1.82) is 0 Å². The number of aryl methyl sites for hydroxylation is 1. The number of para-hydroxylation sites is 1. The highest BCUT2D eigenvalue weighted by atomic mass is 16.2. The molecule has 1 amide bonds. The van der Waals surface area contributed by atoms with Crippen molar-refractivity contribution in [2.45, 2.75) is 6.92 Å². The Balaban J connectivity index is 2.31. The van der Waals surface area contributed by atoms with E-state index < -0.39 is 0 Å². The van der Waals surface area contributed by atoms with Crippen LogP contribution in [0.1, 0.15) is 17.4 Å². The Morgan fingerprint density at radius 2 is 2.16 bits per heavy atom. The Kier molecular flexibility index (Phi) is 3.85. The van der Waals surface area contributed by atoms with Gasteiger partial charge < -0.3 is 10.6 Å². The van der Waals surface area contributed by atoms with Crippen LogP contribution in [0.2, 0.25) is 0 Å². The molecule has 5 heteroatoms. The number of nitrogens with two attached hydrogens (primary N) is 1. The Morgan fingerprint density at radius 3 is 2.84 bits per heavy atom. The summed E-state index contributed by atoms with van der Waals surface area (Å²) in [6.45, 7) is 3.24. The molecule has 1 unspecified atom stereocenters. The van der Waals surface area contributed by atoms with Crippen LogP contribution in [0.3, 0.4) is 0 Å². The molecule has 19 heavy (non-hydrogen) atoms.